The normalized spacial score (nSPS) is 10.7. The van der Waals surface area contributed by atoms with Gasteiger partial charge in [-0.05, 0) is 60.5 Å². The van der Waals surface area contributed by atoms with Crippen molar-refractivity contribution < 1.29 is 14.4 Å². The summed E-state index contributed by atoms with van der Waals surface area (Å²) in [6, 6.07) is 14.8. The summed E-state index contributed by atoms with van der Waals surface area (Å²) < 4.78 is 7.38. The Hall–Kier alpha value is -2.15. The van der Waals surface area contributed by atoms with E-state index in [2.05, 4.69) is 0 Å². The molecule has 0 saturated heterocycles. The number of hydrogen-bond acceptors (Lipinski definition) is 5. The van der Waals surface area contributed by atoms with E-state index in [0.29, 0.717) is 10.6 Å². The van der Waals surface area contributed by atoms with Crippen molar-refractivity contribution in [2.75, 3.05) is 11.4 Å². The van der Waals surface area contributed by atoms with E-state index in [9.17, 15) is 4.79 Å². The zero-order valence-corrected chi connectivity index (χ0v) is 13.7. The summed E-state index contributed by atoms with van der Waals surface area (Å²) in [6.07, 6.45) is 0. The quantitative estimate of drug-likeness (QED) is 0.417. The lowest BCUT2D eigenvalue weighted by Gasteiger charge is -2.17. The van der Waals surface area contributed by atoms with Crippen LogP contribution in [0.4, 0.5) is 5.69 Å². The van der Waals surface area contributed by atoms with E-state index in [1.54, 1.807) is 29.6 Å². The van der Waals surface area contributed by atoms with Gasteiger partial charge in [0.2, 0.25) is 0 Å². The fraction of sp³-hybridized carbons (Fsp3) is 0.0625. The van der Waals surface area contributed by atoms with Crippen LogP contribution in [0, 0.1) is 0 Å². The van der Waals surface area contributed by atoms with Crippen LogP contribution in [0.25, 0.3) is 11.0 Å². The molecule has 1 aromatic heterocycles. The van der Waals surface area contributed by atoms with Crippen LogP contribution < -0.4 is 9.79 Å². The summed E-state index contributed by atoms with van der Waals surface area (Å²) in [5, 5.41) is 10.1. The molecular weight excluding hydrogens is 336 g/mol. The predicted molar refractivity (Wildman–Crippen MR) is 91.2 cm³/mol. The van der Waals surface area contributed by atoms with Gasteiger partial charge in [-0.3, -0.25) is 10.0 Å². The maximum absolute atomic E-state index is 11.4. The van der Waals surface area contributed by atoms with Gasteiger partial charge in [0, 0.05) is 28.0 Å². The van der Waals surface area contributed by atoms with Crippen molar-refractivity contribution >= 4 is 46.1 Å². The van der Waals surface area contributed by atoms with Crippen molar-refractivity contribution in [2.45, 2.75) is 4.90 Å². The highest BCUT2D eigenvalue weighted by Gasteiger charge is 2.12. The van der Waals surface area contributed by atoms with Crippen LogP contribution >= 0.6 is 23.5 Å². The van der Waals surface area contributed by atoms with E-state index in [1.165, 1.54) is 0 Å². The molecule has 0 aliphatic rings. The number of nitrogens with one attached hydrogen (secondary N) is 1. The standard InChI is InChI=1S/C16H13ClN2O3S/c1-19(23-13-5-2-11(17)3-6-13)12-4-7-14-10(8-12)9-15(22-14)16(20)18-21/h2-9,21H,1H3,(H,18,20). The third kappa shape index (κ3) is 3.44. The molecule has 0 bridgehead atoms. The minimum absolute atomic E-state index is 0.0626. The second kappa shape index (κ2) is 6.54. The first-order chi connectivity index (χ1) is 11.1. The number of benzene rings is 2. The molecule has 1 heterocycles. The highest BCUT2D eigenvalue weighted by atomic mass is 35.5. The van der Waals surface area contributed by atoms with Gasteiger partial charge in [0.1, 0.15) is 5.58 Å². The van der Waals surface area contributed by atoms with Crippen molar-refractivity contribution in [3.63, 3.8) is 0 Å². The lowest BCUT2D eigenvalue weighted by Crippen LogP contribution is -2.17. The Morgan fingerprint density at radius 3 is 2.65 bits per heavy atom. The minimum Gasteiger partial charge on any atom is -0.451 e. The molecular formula is C16H13ClN2O3S. The fourth-order valence-corrected chi connectivity index (χ4v) is 3.02. The Labute approximate surface area is 141 Å². The van der Waals surface area contributed by atoms with Crippen molar-refractivity contribution in [1.29, 1.82) is 0 Å². The molecule has 118 valence electrons. The number of hydroxylamine groups is 1. The number of halogens is 1. The summed E-state index contributed by atoms with van der Waals surface area (Å²) >= 11 is 7.44. The Kier molecular flexibility index (Phi) is 4.47. The molecule has 5 nitrogen and oxygen atoms in total. The smallest absolute Gasteiger partial charge is 0.310 e. The first-order valence-corrected chi connectivity index (χ1v) is 7.87. The summed E-state index contributed by atoms with van der Waals surface area (Å²) in [6.45, 7) is 0. The molecule has 3 aromatic rings. The Morgan fingerprint density at radius 1 is 1.22 bits per heavy atom. The molecule has 2 N–H and O–H groups in total. The minimum atomic E-state index is -0.674. The number of hydrogen-bond donors (Lipinski definition) is 2. The highest BCUT2D eigenvalue weighted by molar-refractivity contribution is 8.00. The van der Waals surface area contributed by atoms with Crippen LogP contribution in [0.15, 0.2) is 57.8 Å². The molecule has 0 spiro atoms. The first-order valence-electron chi connectivity index (χ1n) is 6.72. The second-order valence-electron chi connectivity index (χ2n) is 4.82. The van der Waals surface area contributed by atoms with E-state index >= 15 is 0 Å². The Balaban J connectivity index is 1.84. The number of anilines is 1. The fourth-order valence-electron chi connectivity index (χ4n) is 2.10. The van der Waals surface area contributed by atoms with Gasteiger partial charge in [0.05, 0.1) is 0 Å². The predicted octanol–water partition coefficient (Wildman–Crippen LogP) is 4.35. The lowest BCUT2D eigenvalue weighted by atomic mass is 10.2. The summed E-state index contributed by atoms with van der Waals surface area (Å²) in [7, 11) is 1.95. The first kappa shape index (κ1) is 15.7. The van der Waals surface area contributed by atoms with Crippen LogP contribution in [0.1, 0.15) is 10.6 Å². The van der Waals surface area contributed by atoms with E-state index in [0.717, 1.165) is 16.0 Å². The molecule has 1 amide bonds. The van der Waals surface area contributed by atoms with Crippen molar-refractivity contribution in [2.24, 2.45) is 0 Å². The molecule has 0 aliphatic carbocycles. The molecule has 3 rings (SSSR count). The molecule has 0 unspecified atom stereocenters. The monoisotopic (exact) mass is 348 g/mol. The van der Waals surface area contributed by atoms with Gasteiger partial charge in [-0.15, -0.1) is 0 Å². The van der Waals surface area contributed by atoms with Gasteiger partial charge in [0.15, 0.2) is 5.76 Å². The number of furan rings is 1. The van der Waals surface area contributed by atoms with Crippen molar-refractivity contribution in [1.82, 2.24) is 5.48 Å². The SMILES string of the molecule is CN(Sc1ccc(Cl)cc1)c1ccc2oc(C(=O)NO)cc2c1. The van der Waals surface area contributed by atoms with E-state index in [-0.39, 0.29) is 5.76 Å². The maximum Gasteiger partial charge on any atom is 0.310 e. The van der Waals surface area contributed by atoms with Gasteiger partial charge in [-0.1, -0.05) is 11.6 Å². The number of rotatable bonds is 4. The van der Waals surface area contributed by atoms with Crippen LogP contribution in [-0.2, 0) is 0 Å². The van der Waals surface area contributed by atoms with Gasteiger partial charge in [0.25, 0.3) is 0 Å². The number of carbonyl (C=O) groups excluding carboxylic acids is 1. The zero-order chi connectivity index (χ0) is 16.4. The molecule has 7 heteroatoms. The van der Waals surface area contributed by atoms with Crippen LogP contribution in [0.3, 0.4) is 0 Å². The summed E-state index contributed by atoms with van der Waals surface area (Å²) in [4.78, 5) is 12.5. The lowest BCUT2D eigenvalue weighted by molar-refractivity contribution is 0.0678. The number of fused-ring (bicyclic) bond motifs is 1. The van der Waals surface area contributed by atoms with Crippen molar-refractivity contribution in [3.8, 4) is 0 Å². The third-order valence-corrected chi connectivity index (χ3v) is 4.46. The van der Waals surface area contributed by atoms with Gasteiger partial charge in [-0.25, -0.2) is 5.48 Å². The van der Waals surface area contributed by atoms with Crippen LogP contribution in [-0.4, -0.2) is 18.2 Å². The largest absolute Gasteiger partial charge is 0.451 e. The number of amides is 1. The van der Waals surface area contributed by atoms with Crippen molar-refractivity contribution in [3.05, 3.63) is 59.3 Å². The molecule has 23 heavy (non-hydrogen) atoms. The summed E-state index contributed by atoms with van der Waals surface area (Å²) in [5.41, 5.74) is 3.09. The molecule has 0 saturated carbocycles. The van der Waals surface area contributed by atoms with Gasteiger partial charge < -0.3 is 8.72 Å². The third-order valence-electron chi connectivity index (χ3n) is 3.24. The van der Waals surface area contributed by atoms with Crippen LogP contribution in [0.5, 0.6) is 0 Å². The second-order valence-corrected chi connectivity index (χ2v) is 6.45. The average molecular weight is 349 g/mol. The molecule has 0 atom stereocenters. The van der Waals surface area contributed by atoms with E-state index in [1.807, 2.05) is 47.8 Å². The average Bonchev–Trinajstić information content (AvgIpc) is 2.99. The maximum atomic E-state index is 11.4. The van der Waals surface area contributed by atoms with Gasteiger partial charge >= 0.3 is 5.91 Å². The summed E-state index contributed by atoms with van der Waals surface area (Å²) in [5.74, 6) is -0.612. The topological polar surface area (TPSA) is 65.7 Å². The molecule has 0 radical (unpaired) electrons. The Bertz CT molecular complexity index is 848. The number of carbonyl (C=O) groups is 1. The molecule has 2 aromatic carbocycles. The molecule has 0 aliphatic heterocycles. The highest BCUT2D eigenvalue weighted by Crippen LogP contribution is 2.31. The van der Waals surface area contributed by atoms with Gasteiger partial charge in [-0.2, -0.15) is 0 Å². The molecule has 0 fully saturated rings. The van der Waals surface area contributed by atoms with Crippen LogP contribution in [0.2, 0.25) is 5.02 Å². The van der Waals surface area contributed by atoms with E-state index in [4.69, 9.17) is 21.2 Å². The number of nitrogens with zero attached hydrogens (tertiary/aromatic N) is 1. The zero-order valence-electron chi connectivity index (χ0n) is 12.1. The Morgan fingerprint density at radius 2 is 1.96 bits per heavy atom. The van der Waals surface area contributed by atoms with E-state index < -0.39 is 5.91 Å².